The Hall–Kier alpha value is -4.26. The lowest BCUT2D eigenvalue weighted by Crippen LogP contribution is -2.10. The Morgan fingerprint density at radius 1 is 0.879 bits per heavy atom. The number of hydrogen-bond acceptors (Lipinski definition) is 6. The van der Waals surface area contributed by atoms with Crippen molar-refractivity contribution in [2.45, 2.75) is 13.5 Å². The largest absolute Gasteiger partial charge is 0.497 e. The van der Waals surface area contributed by atoms with E-state index in [0.29, 0.717) is 28.5 Å². The van der Waals surface area contributed by atoms with Gasteiger partial charge in [-0.05, 0) is 42.0 Å². The summed E-state index contributed by atoms with van der Waals surface area (Å²) in [5.74, 6) is 1.31. The lowest BCUT2D eigenvalue weighted by atomic mass is 10.1. The molecule has 0 aliphatic heterocycles. The van der Waals surface area contributed by atoms with E-state index >= 15 is 0 Å². The van der Waals surface area contributed by atoms with Crippen LogP contribution in [0.1, 0.15) is 18.1 Å². The molecular formula is C26H25NO6. The summed E-state index contributed by atoms with van der Waals surface area (Å²) in [6.45, 7) is 1.59. The molecule has 0 aromatic heterocycles. The van der Waals surface area contributed by atoms with Gasteiger partial charge in [-0.2, -0.15) is 0 Å². The number of esters is 1. The van der Waals surface area contributed by atoms with Crippen LogP contribution in [0.4, 0.5) is 5.69 Å². The Morgan fingerprint density at radius 2 is 1.67 bits per heavy atom. The standard InChI is InChI=1S/C26H25NO6/c1-18(28)33-25-15-19(11-13-24(25)31-3)12-14-26(29)27-23-10-5-4-7-20(23)17-32-22-9-6-8-21(16-22)30-2/h4-16H,17H2,1-3H3,(H,27,29). The molecule has 0 spiro atoms. The lowest BCUT2D eigenvalue weighted by molar-refractivity contribution is -0.132. The van der Waals surface area contributed by atoms with Crippen LogP contribution in [0.3, 0.4) is 0 Å². The zero-order valence-corrected chi connectivity index (χ0v) is 18.7. The van der Waals surface area contributed by atoms with Crippen molar-refractivity contribution in [2.75, 3.05) is 19.5 Å². The summed E-state index contributed by atoms with van der Waals surface area (Å²) in [7, 11) is 3.08. The second kappa shape index (κ2) is 11.4. The molecule has 0 radical (unpaired) electrons. The van der Waals surface area contributed by atoms with Crippen LogP contribution >= 0.6 is 0 Å². The maximum atomic E-state index is 12.5. The molecule has 0 fully saturated rings. The number of nitrogens with one attached hydrogen (secondary N) is 1. The van der Waals surface area contributed by atoms with Crippen molar-refractivity contribution in [3.05, 3.63) is 83.9 Å². The number of ether oxygens (including phenoxy) is 4. The number of carbonyl (C=O) groups excluding carboxylic acids is 2. The molecule has 0 bridgehead atoms. The van der Waals surface area contributed by atoms with Crippen LogP contribution in [0.5, 0.6) is 23.0 Å². The van der Waals surface area contributed by atoms with Gasteiger partial charge in [0.2, 0.25) is 5.91 Å². The fourth-order valence-corrected chi connectivity index (χ4v) is 3.00. The van der Waals surface area contributed by atoms with Crippen molar-refractivity contribution in [2.24, 2.45) is 0 Å². The van der Waals surface area contributed by atoms with Crippen molar-refractivity contribution in [1.29, 1.82) is 0 Å². The fraction of sp³-hybridized carbons (Fsp3) is 0.154. The summed E-state index contributed by atoms with van der Waals surface area (Å²) in [5.41, 5.74) is 2.14. The minimum absolute atomic E-state index is 0.275. The Morgan fingerprint density at radius 3 is 2.42 bits per heavy atom. The Kier molecular flexibility index (Phi) is 8.07. The molecule has 0 aliphatic carbocycles. The molecule has 0 atom stereocenters. The van der Waals surface area contributed by atoms with Crippen LogP contribution in [0.25, 0.3) is 6.08 Å². The maximum Gasteiger partial charge on any atom is 0.308 e. The number of benzene rings is 3. The first kappa shape index (κ1) is 23.4. The molecule has 1 N–H and O–H groups in total. The van der Waals surface area contributed by atoms with E-state index in [4.69, 9.17) is 18.9 Å². The van der Waals surface area contributed by atoms with E-state index in [2.05, 4.69) is 5.32 Å². The summed E-state index contributed by atoms with van der Waals surface area (Å²) >= 11 is 0. The minimum Gasteiger partial charge on any atom is -0.497 e. The van der Waals surface area contributed by atoms with Gasteiger partial charge in [0.1, 0.15) is 18.1 Å². The molecule has 0 saturated heterocycles. The van der Waals surface area contributed by atoms with E-state index in [1.54, 1.807) is 37.5 Å². The first-order valence-electron chi connectivity index (χ1n) is 10.2. The van der Waals surface area contributed by atoms with Crippen molar-refractivity contribution in [3.8, 4) is 23.0 Å². The molecule has 0 unspecified atom stereocenters. The highest BCUT2D eigenvalue weighted by Gasteiger charge is 2.09. The second-order valence-electron chi connectivity index (χ2n) is 6.95. The van der Waals surface area contributed by atoms with E-state index in [1.165, 1.54) is 20.1 Å². The Balaban J connectivity index is 1.67. The van der Waals surface area contributed by atoms with Crippen LogP contribution in [-0.2, 0) is 16.2 Å². The number of methoxy groups -OCH3 is 2. The van der Waals surface area contributed by atoms with E-state index in [1.807, 2.05) is 42.5 Å². The maximum absolute atomic E-state index is 12.5. The second-order valence-corrected chi connectivity index (χ2v) is 6.95. The highest BCUT2D eigenvalue weighted by Crippen LogP contribution is 2.29. The highest BCUT2D eigenvalue weighted by atomic mass is 16.6. The average molecular weight is 447 g/mol. The van der Waals surface area contributed by atoms with Gasteiger partial charge < -0.3 is 24.3 Å². The SMILES string of the molecule is COc1cccc(OCc2ccccc2NC(=O)C=Cc2ccc(OC)c(OC(C)=O)c2)c1. The summed E-state index contributed by atoms with van der Waals surface area (Å²) in [5, 5.41) is 2.87. The molecule has 33 heavy (non-hydrogen) atoms. The van der Waals surface area contributed by atoms with Gasteiger partial charge in [0.15, 0.2) is 11.5 Å². The van der Waals surface area contributed by atoms with E-state index in [-0.39, 0.29) is 18.3 Å². The summed E-state index contributed by atoms with van der Waals surface area (Å²) in [6, 6.07) is 19.8. The first-order valence-corrected chi connectivity index (χ1v) is 10.2. The number of carbonyl (C=O) groups is 2. The van der Waals surface area contributed by atoms with Gasteiger partial charge in [-0.1, -0.05) is 30.3 Å². The zero-order valence-electron chi connectivity index (χ0n) is 18.7. The zero-order chi connectivity index (χ0) is 23.6. The fourth-order valence-electron chi connectivity index (χ4n) is 3.00. The van der Waals surface area contributed by atoms with Gasteiger partial charge in [-0.15, -0.1) is 0 Å². The third-order valence-corrected chi connectivity index (χ3v) is 4.58. The molecule has 7 nitrogen and oxygen atoms in total. The van der Waals surface area contributed by atoms with Crippen molar-refractivity contribution >= 4 is 23.6 Å². The Labute approximate surface area is 192 Å². The third-order valence-electron chi connectivity index (χ3n) is 4.58. The van der Waals surface area contributed by atoms with Crippen LogP contribution in [-0.4, -0.2) is 26.1 Å². The van der Waals surface area contributed by atoms with Crippen LogP contribution in [0.15, 0.2) is 72.8 Å². The molecule has 170 valence electrons. The Bertz CT molecular complexity index is 1160. The predicted molar refractivity (Wildman–Crippen MR) is 126 cm³/mol. The average Bonchev–Trinajstić information content (AvgIpc) is 2.82. The smallest absolute Gasteiger partial charge is 0.308 e. The molecule has 0 aliphatic rings. The number of hydrogen-bond donors (Lipinski definition) is 1. The van der Waals surface area contributed by atoms with E-state index in [9.17, 15) is 9.59 Å². The third kappa shape index (κ3) is 6.87. The van der Waals surface area contributed by atoms with Gasteiger partial charge in [0.25, 0.3) is 0 Å². The highest BCUT2D eigenvalue weighted by molar-refractivity contribution is 6.02. The number of anilines is 1. The molecule has 3 rings (SSSR count). The number of rotatable bonds is 9. The van der Waals surface area contributed by atoms with Crippen molar-refractivity contribution in [3.63, 3.8) is 0 Å². The van der Waals surface area contributed by atoms with Crippen LogP contribution in [0, 0.1) is 0 Å². The van der Waals surface area contributed by atoms with Gasteiger partial charge in [0, 0.05) is 30.3 Å². The molecule has 0 saturated carbocycles. The normalized spacial score (nSPS) is 10.5. The molecule has 3 aromatic rings. The lowest BCUT2D eigenvalue weighted by Gasteiger charge is -2.12. The molecular weight excluding hydrogens is 422 g/mol. The van der Waals surface area contributed by atoms with Gasteiger partial charge >= 0.3 is 5.97 Å². The molecule has 1 amide bonds. The van der Waals surface area contributed by atoms with Crippen LogP contribution < -0.4 is 24.3 Å². The molecule has 3 aromatic carbocycles. The van der Waals surface area contributed by atoms with Gasteiger partial charge in [-0.3, -0.25) is 9.59 Å². The topological polar surface area (TPSA) is 83.1 Å². The molecule has 0 heterocycles. The van der Waals surface area contributed by atoms with E-state index < -0.39 is 5.97 Å². The summed E-state index contributed by atoms with van der Waals surface area (Å²) < 4.78 is 21.4. The molecule has 7 heteroatoms. The summed E-state index contributed by atoms with van der Waals surface area (Å²) in [6.07, 6.45) is 3.02. The number of amides is 1. The monoisotopic (exact) mass is 447 g/mol. The van der Waals surface area contributed by atoms with Gasteiger partial charge in [-0.25, -0.2) is 0 Å². The quantitative estimate of drug-likeness (QED) is 0.287. The van der Waals surface area contributed by atoms with Crippen molar-refractivity contribution < 1.29 is 28.5 Å². The number of para-hydroxylation sites is 1. The predicted octanol–water partition coefficient (Wildman–Crippen LogP) is 4.86. The minimum atomic E-state index is -0.458. The summed E-state index contributed by atoms with van der Waals surface area (Å²) in [4.78, 5) is 23.8. The van der Waals surface area contributed by atoms with Gasteiger partial charge in [0.05, 0.1) is 14.2 Å². The van der Waals surface area contributed by atoms with Crippen LogP contribution in [0.2, 0.25) is 0 Å². The van der Waals surface area contributed by atoms with Crippen molar-refractivity contribution in [1.82, 2.24) is 0 Å². The van der Waals surface area contributed by atoms with E-state index in [0.717, 1.165) is 5.56 Å². The first-order chi connectivity index (χ1) is 16.0.